The van der Waals surface area contributed by atoms with Crippen molar-refractivity contribution >= 4 is 12.1 Å². The Morgan fingerprint density at radius 1 is 1.28 bits per heavy atom. The van der Waals surface area contributed by atoms with Crippen LogP contribution in [0.25, 0.3) is 0 Å². The Kier molecular flexibility index (Phi) is 5.50. The van der Waals surface area contributed by atoms with Gasteiger partial charge in [0, 0.05) is 6.54 Å². The number of nitrogens with one attached hydrogen (secondary N) is 2. The smallest absolute Gasteiger partial charge is 0.423 e. The molecule has 1 aromatic rings. The zero-order valence-corrected chi connectivity index (χ0v) is 10.2. The average molecular weight is 251 g/mol. The lowest BCUT2D eigenvalue weighted by molar-refractivity contribution is 0.139. The number of rotatable bonds is 4. The Bertz CT molecular complexity index is 395. The minimum atomic E-state index is -1.27. The largest absolute Gasteiger partial charge is 0.464 e. The predicted molar refractivity (Wildman–Crippen MR) is 66.8 cm³/mol. The molecule has 98 valence electrons. The minimum absolute atomic E-state index is 0.183. The highest BCUT2D eigenvalue weighted by molar-refractivity contribution is 5.77. The zero-order valence-electron chi connectivity index (χ0n) is 10.2. The van der Waals surface area contributed by atoms with Crippen molar-refractivity contribution in [3.8, 4) is 0 Å². The van der Waals surface area contributed by atoms with Gasteiger partial charge in [-0.05, 0) is 12.0 Å². The molecule has 0 atom stereocenters. The SMILES string of the molecule is CCCNC(=O)N(Cc1ccccc1)NC(=O)O. The third-order valence-corrected chi connectivity index (χ3v) is 2.19. The van der Waals surface area contributed by atoms with Crippen molar-refractivity contribution < 1.29 is 14.7 Å². The van der Waals surface area contributed by atoms with Crippen LogP contribution in [0.2, 0.25) is 0 Å². The van der Waals surface area contributed by atoms with E-state index in [0.717, 1.165) is 17.0 Å². The number of hydrogen-bond donors (Lipinski definition) is 3. The van der Waals surface area contributed by atoms with E-state index in [0.29, 0.717) is 6.54 Å². The molecule has 0 radical (unpaired) electrons. The van der Waals surface area contributed by atoms with Gasteiger partial charge in [-0.15, -0.1) is 0 Å². The maximum atomic E-state index is 11.7. The molecule has 3 N–H and O–H groups in total. The van der Waals surface area contributed by atoms with Gasteiger partial charge in [0.25, 0.3) is 0 Å². The van der Waals surface area contributed by atoms with E-state index in [1.54, 1.807) is 0 Å². The molecule has 0 saturated carbocycles. The second-order valence-electron chi connectivity index (χ2n) is 3.72. The van der Waals surface area contributed by atoms with Crippen molar-refractivity contribution in [2.75, 3.05) is 6.54 Å². The molecule has 0 aliphatic carbocycles. The summed E-state index contributed by atoms with van der Waals surface area (Å²) in [6.45, 7) is 2.61. The summed E-state index contributed by atoms with van der Waals surface area (Å²) in [5, 5.41) is 12.4. The Morgan fingerprint density at radius 3 is 2.50 bits per heavy atom. The van der Waals surface area contributed by atoms with Gasteiger partial charge >= 0.3 is 12.1 Å². The number of amides is 3. The second kappa shape index (κ2) is 7.16. The van der Waals surface area contributed by atoms with Crippen LogP contribution in [0.5, 0.6) is 0 Å². The molecule has 6 heteroatoms. The highest BCUT2D eigenvalue weighted by atomic mass is 16.4. The molecule has 0 aliphatic rings. The lowest BCUT2D eigenvalue weighted by Gasteiger charge is -2.22. The van der Waals surface area contributed by atoms with E-state index in [1.807, 2.05) is 37.3 Å². The van der Waals surface area contributed by atoms with Crippen LogP contribution in [0, 0.1) is 0 Å². The Labute approximate surface area is 106 Å². The van der Waals surface area contributed by atoms with E-state index in [2.05, 4.69) is 10.7 Å². The number of urea groups is 1. The van der Waals surface area contributed by atoms with Crippen molar-refractivity contribution in [2.45, 2.75) is 19.9 Å². The zero-order chi connectivity index (χ0) is 13.4. The molecule has 0 aliphatic heterocycles. The third kappa shape index (κ3) is 4.73. The number of nitrogens with zero attached hydrogens (tertiary/aromatic N) is 1. The highest BCUT2D eigenvalue weighted by Crippen LogP contribution is 2.02. The van der Waals surface area contributed by atoms with Gasteiger partial charge in [-0.2, -0.15) is 0 Å². The van der Waals surface area contributed by atoms with Gasteiger partial charge in [0.15, 0.2) is 0 Å². The fourth-order valence-electron chi connectivity index (χ4n) is 1.37. The van der Waals surface area contributed by atoms with Gasteiger partial charge in [0.1, 0.15) is 0 Å². The lowest BCUT2D eigenvalue weighted by Crippen LogP contribution is -2.49. The fourth-order valence-corrected chi connectivity index (χ4v) is 1.37. The number of hydrogen-bond acceptors (Lipinski definition) is 2. The molecule has 1 aromatic carbocycles. The van der Waals surface area contributed by atoms with Crippen LogP contribution in [0.4, 0.5) is 9.59 Å². The van der Waals surface area contributed by atoms with Crippen LogP contribution < -0.4 is 10.7 Å². The molecule has 0 saturated heterocycles. The molecule has 0 spiro atoms. The Hall–Kier alpha value is -2.24. The Morgan fingerprint density at radius 2 is 1.94 bits per heavy atom. The summed E-state index contributed by atoms with van der Waals surface area (Å²) >= 11 is 0. The van der Waals surface area contributed by atoms with E-state index in [9.17, 15) is 9.59 Å². The van der Waals surface area contributed by atoms with E-state index < -0.39 is 12.1 Å². The maximum Gasteiger partial charge on any atom is 0.423 e. The van der Waals surface area contributed by atoms with Gasteiger partial charge in [0.05, 0.1) is 6.54 Å². The van der Waals surface area contributed by atoms with E-state index in [4.69, 9.17) is 5.11 Å². The van der Waals surface area contributed by atoms with Crippen LogP contribution in [0.15, 0.2) is 30.3 Å². The third-order valence-electron chi connectivity index (χ3n) is 2.19. The summed E-state index contributed by atoms with van der Waals surface area (Å²) in [5.41, 5.74) is 2.92. The summed E-state index contributed by atoms with van der Waals surface area (Å²) in [5.74, 6) is 0. The van der Waals surface area contributed by atoms with Gasteiger partial charge in [-0.3, -0.25) is 0 Å². The monoisotopic (exact) mass is 251 g/mol. The molecule has 0 fully saturated rings. The highest BCUT2D eigenvalue weighted by Gasteiger charge is 2.15. The van der Waals surface area contributed by atoms with Crippen molar-refractivity contribution in [3.05, 3.63) is 35.9 Å². The molecule has 1 rings (SSSR count). The first-order valence-corrected chi connectivity index (χ1v) is 5.72. The van der Waals surface area contributed by atoms with E-state index in [1.165, 1.54) is 0 Å². The van der Waals surface area contributed by atoms with Gasteiger partial charge in [-0.25, -0.2) is 20.0 Å². The number of benzene rings is 1. The summed E-state index contributed by atoms with van der Waals surface area (Å²) in [6, 6.07) is 8.71. The van der Waals surface area contributed by atoms with Gasteiger partial charge < -0.3 is 10.4 Å². The molecule has 0 aromatic heterocycles. The van der Waals surface area contributed by atoms with Crippen LogP contribution in [-0.4, -0.2) is 28.8 Å². The number of carbonyl (C=O) groups is 2. The minimum Gasteiger partial charge on any atom is -0.464 e. The van der Waals surface area contributed by atoms with E-state index in [-0.39, 0.29) is 6.54 Å². The predicted octanol–water partition coefficient (Wildman–Crippen LogP) is 1.79. The quantitative estimate of drug-likeness (QED) is 0.713. The molecule has 6 nitrogen and oxygen atoms in total. The van der Waals surface area contributed by atoms with Crippen LogP contribution in [-0.2, 0) is 6.54 Å². The first-order valence-electron chi connectivity index (χ1n) is 5.72. The summed E-state index contributed by atoms with van der Waals surface area (Å²) in [6.07, 6.45) is -0.476. The normalized spacial score (nSPS) is 9.61. The molecular weight excluding hydrogens is 234 g/mol. The van der Waals surface area contributed by atoms with Gasteiger partial charge in [-0.1, -0.05) is 37.3 Å². The fraction of sp³-hybridized carbons (Fsp3) is 0.333. The van der Waals surface area contributed by atoms with Crippen LogP contribution >= 0.6 is 0 Å². The lowest BCUT2D eigenvalue weighted by atomic mass is 10.2. The molecule has 18 heavy (non-hydrogen) atoms. The van der Waals surface area contributed by atoms with Crippen LogP contribution in [0.1, 0.15) is 18.9 Å². The molecule has 0 bridgehead atoms. The topological polar surface area (TPSA) is 81.7 Å². The number of hydrazine groups is 1. The van der Waals surface area contributed by atoms with Crippen molar-refractivity contribution in [1.82, 2.24) is 15.8 Å². The summed E-state index contributed by atoms with van der Waals surface area (Å²) in [7, 11) is 0. The molecule has 0 unspecified atom stereocenters. The maximum absolute atomic E-state index is 11.7. The van der Waals surface area contributed by atoms with Gasteiger partial charge in [0.2, 0.25) is 0 Å². The first kappa shape index (κ1) is 13.8. The standard InChI is InChI=1S/C12H17N3O3/c1-2-8-13-11(16)15(14-12(17)18)9-10-6-4-3-5-7-10/h3-7,14H,2,8-9H2,1H3,(H,13,16)(H,17,18). The Balaban J connectivity index is 2.66. The first-order chi connectivity index (χ1) is 8.63. The molecule has 3 amide bonds. The molecule has 0 heterocycles. The average Bonchev–Trinajstić information content (AvgIpc) is 2.36. The van der Waals surface area contributed by atoms with Crippen LogP contribution in [0.3, 0.4) is 0 Å². The van der Waals surface area contributed by atoms with Crippen molar-refractivity contribution in [3.63, 3.8) is 0 Å². The second-order valence-corrected chi connectivity index (χ2v) is 3.72. The number of carboxylic acid groups (broad SMARTS) is 1. The van der Waals surface area contributed by atoms with E-state index >= 15 is 0 Å². The summed E-state index contributed by atoms with van der Waals surface area (Å²) in [4.78, 5) is 22.4. The van der Waals surface area contributed by atoms with Crippen molar-refractivity contribution in [1.29, 1.82) is 0 Å². The number of carbonyl (C=O) groups excluding carboxylic acids is 1. The van der Waals surface area contributed by atoms with Crippen molar-refractivity contribution in [2.24, 2.45) is 0 Å². The summed E-state index contributed by atoms with van der Waals surface area (Å²) < 4.78 is 0. The molecular formula is C12H17N3O3.